The van der Waals surface area contributed by atoms with Gasteiger partial charge in [-0.25, -0.2) is 14.8 Å². The number of carbonyl (C=O) groups is 1. The molecule has 0 atom stereocenters. The second-order valence-corrected chi connectivity index (χ2v) is 7.01. The van der Waals surface area contributed by atoms with Crippen LogP contribution in [0.15, 0.2) is 53.0 Å². The molecule has 27 heavy (non-hydrogen) atoms. The second kappa shape index (κ2) is 7.00. The zero-order valence-corrected chi connectivity index (χ0v) is 16.2. The number of para-hydroxylation sites is 2. The number of hydrogen-bond acceptors (Lipinski definition) is 5. The van der Waals surface area contributed by atoms with E-state index in [1.165, 1.54) is 0 Å². The molecule has 136 valence electrons. The number of benzene rings is 2. The predicted molar refractivity (Wildman–Crippen MR) is 109 cm³/mol. The first-order valence-electron chi connectivity index (χ1n) is 8.60. The Labute approximate surface area is 164 Å². The number of carbonyl (C=O) groups excluding carboxylic acids is 1. The van der Waals surface area contributed by atoms with E-state index in [-0.39, 0.29) is 11.4 Å². The minimum Gasteiger partial charge on any atom is -0.462 e. The summed E-state index contributed by atoms with van der Waals surface area (Å²) in [4.78, 5) is 22.1. The lowest BCUT2D eigenvalue weighted by Gasteiger charge is -2.08. The van der Waals surface area contributed by atoms with Gasteiger partial charge in [-0.2, -0.15) is 0 Å². The van der Waals surface area contributed by atoms with Crippen LogP contribution in [0.4, 0.5) is 5.82 Å². The average molecular weight is 425 g/mol. The Morgan fingerprint density at radius 3 is 2.59 bits per heavy atom. The number of esters is 1. The van der Waals surface area contributed by atoms with Crippen molar-refractivity contribution in [2.24, 2.45) is 0 Å². The summed E-state index contributed by atoms with van der Waals surface area (Å²) in [6, 6.07) is 15.1. The quantitative estimate of drug-likeness (QED) is 0.488. The molecule has 4 aromatic rings. The number of ether oxygens (including phenoxy) is 1. The van der Waals surface area contributed by atoms with Crippen molar-refractivity contribution >= 4 is 49.9 Å². The Bertz CT molecular complexity index is 1170. The van der Waals surface area contributed by atoms with Crippen LogP contribution in [-0.4, -0.2) is 27.1 Å². The van der Waals surface area contributed by atoms with Gasteiger partial charge in [0.1, 0.15) is 16.9 Å². The van der Waals surface area contributed by atoms with Crippen molar-refractivity contribution in [1.29, 1.82) is 0 Å². The third-order valence-electron chi connectivity index (χ3n) is 4.21. The lowest BCUT2D eigenvalue weighted by atomic mass is 10.2. The molecule has 6 nitrogen and oxygen atoms in total. The van der Waals surface area contributed by atoms with Crippen molar-refractivity contribution in [3.63, 3.8) is 0 Å². The number of fused-ring (bicyclic) bond motifs is 2. The summed E-state index contributed by atoms with van der Waals surface area (Å²) in [7, 11) is 0. The minimum atomic E-state index is -0.488. The van der Waals surface area contributed by atoms with Gasteiger partial charge in [-0.15, -0.1) is 0 Å². The Morgan fingerprint density at radius 1 is 1.15 bits per heavy atom. The van der Waals surface area contributed by atoms with E-state index in [4.69, 9.17) is 15.5 Å². The summed E-state index contributed by atoms with van der Waals surface area (Å²) < 4.78 is 7.97. The van der Waals surface area contributed by atoms with Crippen LogP contribution in [0.5, 0.6) is 0 Å². The van der Waals surface area contributed by atoms with Gasteiger partial charge in [0.2, 0.25) is 0 Å². The number of rotatable bonds is 4. The largest absolute Gasteiger partial charge is 0.462 e. The smallest absolute Gasteiger partial charge is 0.344 e. The molecule has 0 aliphatic heterocycles. The van der Waals surface area contributed by atoms with Gasteiger partial charge < -0.3 is 10.5 Å². The predicted octanol–water partition coefficient (Wildman–Crippen LogP) is 4.49. The highest BCUT2D eigenvalue weighted by atomic mass is 79.9. The molecule has 0 fully saturated rings. The van der Waals surface area contributed by atoms with E-state index >= 15 is 0 Å². The number of aromatic nitrogens is 3. The van der Waals surface area contributed by atoms with Gasteiger partial charge in [0.15, 0.2) is 5.65 Å². The Kier molecular flexibility index (Phi) is 4.53. The molecule has 0 aliphatic carbocycles. The maximum absolute atomic E-state index is 12.7. The third-order valence-corrected chi connectivity index (χ3v) is 4.70. The van der Waals surface area contributed by atoms with Crippen LogP contribution >= 0.6 is 15.9 Å². The monoisotopic (exact) mass is 424 g/mol. The topological polar surface area (TPSA) is 83.0 Å². The fourth-order valence-corrected chi connectivity index (χ4v) is 3.39. The Balaban J connectivity index is 2.05. The van der Waals surface area contributed by atoms with Crippen LogP contribution in [-0.2, 0) is 4.74 Å². The SMILES string of the molecule is CCCOC(=O)c1c(N)n(-c2cccc(Br)c2)c2nc3ccccc3nc12. The third kappa shape index (κ3) is 3.04. The standard InChI is InChI=1S/C20H17BrN4O2/c1-2-10-27-20(26)16-17-19(24-15-9-4-3-8-14(15)23-17)25(18(16)22)13-7-5-6-12(21)11-13/h3-9,11H,2,10,22H2,1H3. The molecule has 7 heteroatoms. The molecule has 0 amide bonds. The van der Waals surface area contributed by atoms with E-state index in [9.17, 15) is 4.79 Å². The first-order chi connectivity index (χ1) is 13.1. The molecule has 2 aromatic heterocycles. The van der Waals surface area contributed by atoms with Crippen LogP contribution in [0.1, 0.15) is 23.7 Å². The number of hydrogen-bond donors (Lipinski definition) is 1. The number of nitrogens with two attached hydrogens (primary N) is 1. The van der Waals surface area contributed by atoms with Crippen LogP contribution in [0.2, 0.25) is 0 Å². The molecule has 0 aliphatic rings. The van der Waals surface area contributed by atoms with Crippen molar-refractivity contribution in [3.05, 3.63) is 58.6 Å². The van der Waals surface area contributed by atoms with E-state index in [0.717, 1.165) is 22.1 Å². The van der Waals surface area contributed by atoms with Gasteiger partial charge in [0.25, 0.3) is 0 Å². The van der Waals surface area contributed by atoms with E-state index in [1.807, 2.05) is 55.5 Å². The highest BCUT2D eigenvalue weighted by Crippen LogP contribution is 2.32. The van der Waals surface area contributed by atoms with E-state index in [2.05, 4.69) is 20.9 Å². The number of nitrogens with zero attached hydrogens (tertiary/aromatic N) is 3. The van der Waals surface area contributed by atoms with E-state index in [0.29, 0.717) is 23.3 Å². The van der Waals surface area contributed by atoms with Crippen molar-refractivity contribution < 1.29 is 9.53 Å². The number of nitrogen functional groups attached to an aromatic ring is 1. The summed E-state index contributed by atoms with van der Waals surface area (Å²) >= 11 is 3.48. The lowest BCUT2D eigenvalue weighted by molar-refractivity contribution is 0.0508. The molecular weight excluding hydrogens is 408 g/mol. The van der Waals surface area contributed by atoms with Crippen LogP contribution in [0.25, 0.3) is 27.9 Å². The average Bonchev–Trinajstić information content (AvgIpc) is 2.95. The first-order valence-corrected chi connectivity index (χ1v) is 9.39. The number of anilines is 1. The van der Waals surface area contributed by atoms with Crippen molar-refractivity contribution in [1.82, 2.24) is 14.5 Å². The lowest BCUT2D eigenvalue weighted by Crippen LogP contribution is -2.09. The van der Waals surface area contributed by atoms with E-state index in [1.54, 1.807) is 4.57 Å². The molecular formula is C20H17BrN4O2. The van der Waals surface area contributed by atoms with Gasteiger partial charge in [-0.1, -0.05) is 41.1 Å². The molecule has 0 bridgehead atoms. The molecule has 0 radical (unpaired) electrons. The normalized spacial score (nSPS) is 11.2. The van der Waals surface area contributed by atoms with Gasteiger partial charge in [-0.05, 0) is 36.8 Å². The molecule has 4 rings (SSSR count). The Hall–Kier alpha value is -2.93. The maximum Gasteiger partial charge on any atom is 0.344 e. The fourth-order valence-electron chi connectivity index (χ4n) is 3.01. The van der Waals surface area contributed by atoms with Gasteiger partial charge >= 0.3 is 5.97 Å². The van der Waals surface area contributed by atoms with Gasteiger partial charge in [-0.3, -0.25) is 4.57 Å². The van der Waals surface area contributed by atoms with Crippen molar-refractivity contribution in [2.45, 2.75) is 13.3 Å². The van der Waals surface area contributed by atoms with Crippen LogP contribution in [0, 0.1) is 0 Å². The zero-order chi connectivity index (χ0) is 19.0. The second-order valence-electron chi connectivity index (χ2n) is 6.10. The highest BCUT2D eigenvalue weighted by Gasteiger charge is 2.25. The molecule has 0 spiro atoms. The summed E-state index contributed by atoms with van der Waals surface area (Å²) in [6.07, 6.45) is 0.727. The first kappa shape index (κ1) is 17.5. The molecule has 2 heterocycles. The molecule has 0 unspecified atom stereocenters. The molecule has 2 aromatic carbocycles. The summed E-state index contributed by atoms with van der Waals surface area (Å²) in [6.45, 7) is 2.26. The highest BCUT2D eigenvalue weighted by molar-refractivity contribution is 9.10. The molecule has 2 N–H and O–H groups in total. The van der Waals surface area contributed by atoms with E-state index < -0.39 is 5.97 Å². The van der Waals surface area contributed by atoms with Gasteiger partial charge in [0.05, 0.1) is 23.3 Å². The number of halogens is 1. The summed E-state index contributed by atoms with van der Waals surface area (Å²) in [5, 5.41) is 0. The van der Waals surface area contributed by atoms with Crippen LogP contribution in [0.3, 0.4) is 0 Å². The van der Waals surface area contributed by atoms with Crippen molar-refractivity contribution in [2.75, 3.05) is 12.3 Å². The zero-order valence-electron chi connectivity index (χ0n) is 14.6. The minimum absolute atomic E-state index is 0.247. The fraction of sp³-hybridized carbons (Fsp3) is 0.150. The van der Waals surface area contributed by atoms with Crippen molar-refractivity contribution in [3.8, 4) is 5.69 Å². The Morgan fingerprint density at radius 2 is 1.89 bits per heavy atom. The molecule has 0 saturated carbocycles. The molecule has 0 saturated heterocycles. The summed E-state index contributed by atoms with van der Waals surface area (Å²) in [5.74, 6) is -0.225. The summed E-state index contributed by atoms with van der Waals surface area (Å²) in [5.41, 5.74) is 9.81. The maximum atomic E-state index is 12.7. The van der Waals surface area contributed by atoms with Crippen LogP contribution < -0.4 is 5.73 Å². The van der Waals surface area contributed by atoms with Gasteiger partial charge in [0, 0.05) is 4.47 Å².